The number of hydrogen-bond donors (Lipinski definition) is 3. The zero-order valence-corrected chi connectivity index (χ0v) is 28.6. The molecule has 0 bridgehead atoms. The van der Waals surface area contributed by atoms with Crippen molar-refractivity contribution in [2.75, 3.05) is 32.7 Å². The minimum atomic E-state index is -0.571. The van der Waals surface area contributed by atoms with Gasteiger partial charge in [-0.25, -0.2) is 8.78 Å². The highest BCUT2D eigenvalue weighted by molar-refractivity contribution is 6.14. The summed E-state index contributed by atoms with van der Waals surface area (Å²) in [6.45, 7) is 6.75. The van der Waals surface area contributed by atoms with Crippen LogP contribution in [0.4, 0.5) is 8.78 Å². The van der Waals surface area contributed by atoms with Crippen LogP contribution in [0, 0.1) is 17.0 Å². The average molecular weight is 691 g/mol. The summed E-state index contributed by atoms with van der Waals surface area (Å²) in [5.74, 6) is -3.50. The first kappa shape index (κ1) is 37.6. The highest BCUT2D eigenvalue weighted by Gasteiger charge is 2.37. The van der Waals surface area contributed by atoms with Crippen molar-refractivity contribution in [3.05, 3.63) is 95.8 Å². The predicted octanol–water partition coefficient (Wildman–Crippen LogP) is 3.68. The summed E-state index contributed by atoms with van der Waals surface area (Å²) in [6, 6.07) is 14.3. The Morgan fingerprint density at radius 3 is 2.20 bits per heavy atom. The third-order valence-corrected chi connectivity index (χ3v) is 8.24. The van der Waals surface area contributed by atoms with Crippen molar-refractivity contribution in [3.8, 4) is 11.1 Å². The molecule has 0 fully saturated rings. The molecule has 2 aromatic carbocycles. The number of benzene rings is 2. The normalized spacial score (nSPS) is 13.4. The molecule has 50 heavy (non-hydrogen) atoms. The van der Waals surface area contributed by atoms with Gasteiger partial charge in [0.25, 0.3) is 11.8 Å². The topological polar surface area (TPSA) is 147 Å². The number of hydrogen-bond acceptors (Lipinski definition) is 6. The van der Waals surface area contributed by atoms with Crippen LogP contribution in [0.2, 0.25) is 0 Å². The first-order valence-electron chi connectivity index (χ1n) is 16.5. The van der Waals surface area contributed by atoms with Gasteiger partial charge in [0.2, 0.25) is 17.7 Å². The zero-order chi connectivity index (χ0) is 36.4. The van der Waals surface area contributed by atoms with Gasteiger partial charge in [-0.15, -0.1) is 0 Å². The lowest BCUT2D eigenvalue weighted by molar-refractivity contribution is -0.141. The second-order valence-electron chi connectivity index (χ2n) is 13.2. The van der Waals surface area contributed by atoms with E-state index in [9.17, 15) is 28.4 Å². The lowest BCUT2D eigenvalue weighted by atomic mass is 9.82. The van der Waals surface area contributed by atoms with Crippen molar-refractivity contribution < 1.29 is 32.8 Å². The molecule has 4 N–H and O–H groups in total. The first-order chi connectivity index (χ1) is 23.8. The van der Waals surface area contributed by atoms with Crippen LogP contribution in [0.3, 0.4) is 0 Å². The molecule has 0 saturated carbocycles. The van der Waals surface area contributed by atoms with E-state index in [1.165, 1.54) is 0 Å². The summed E-state index contributed by atoms with van der Waals surface area (Å²) in [4.78, 5) is 64.6. The van der Waals surface area contributed by atoms with Crippen molar-refractivity contribution in [2.24, 2.45) is 11.1 Å². The maximum Gasteiger partial charge on any atom is 0.254 e. The maximum absolute atomic E-state index is 15.0. The number of halogens is 2. The number of nitrogens with zero attached hydrogens (tertiary/aromatic N) is 3. The van der Waals surface area contributed by atoms with Gasteiger partial charge in [-0.05, 0) is 48.2 Å². The number of rotatable bonds is 16. The number of carbonyl (C=O) groups excluding carboxylic acids is 5. The number of amides is 5. The third kappa shape index (κ3) is 9.94. The van der Waals surface area contributed by atoms with Gasteiger partial charge in [-0.1, -0.05) is 51.1 Å². The highest BCUT2D eigenvalue weighted by Crippen LogP contribution is 2.41. The smallest absolute Gasteiger partial charge is 0.254 e. The molecule has 0 saturated heterocycles. The van der Waals surface area contributed by atoms with E-state index < -0.39 is 53.3 Å². The second kappa shape index (κ2) is 17.0. The van der Waals surface area contributed by atoms with E-state index in [-0.39, 0.29) is 37.4 Å². The van der Waals surface area contributed by atoms with Gasteiger partial charge < -0.3 is 25.8 Å². The van der Waals surface area contributed by atoms with Gasteiger partial charge in [0.15, 0.2) is 0 Å². The Hall–Kier alpha value is -5.17. The number of carbonyl (C=O) groups is 5. The van der Waals surface area contributed by atoms with E-state index in [4.69, 9.17) is 5.73 Å². The molecular formula is C37H44F2N6O5. The van der Waals surface area contributed by atoms with Crippen LogP contribution in [0.25, 0.3) is 11.1 Å². The average Bonchev–Trinajstić information content (AvgIpc) is 3.62. The van der Waals surface area contributed by atoms with Crippen molar-refractivity contribution >= 4 is 29.5 Å². The Balaban J connectivity index is 1.50. The molecule has 3 aromatic rings. The summed E-state index contributed by atoms with van der Waals surface area (Å²) in [6.07, 6.45) is 4.23. The van der Waals surface area contributed by atoms with Crippen LogP contribution in [0.5, 0.6) is 0 Å². The highest BCUT2D eigenvalue weighted by atomic mass is 19.1. The minimum Gasteiger partial charge on any atom is -0.354 e. The quantitative estimate of drug-likeness (QED) is 0.154. The van der Waals surface area contributed by atoms with Crippen LogP contribution in [-0.2, 0) is 30.5 Å². The van der Waals surface area contributed by atoms with Crippen LogP contribution in [-0.4, -0.2) is 76.6 Å². The number of nitrogens with two attached hydrogens (primary N) is 1. The van der Waals surface area contributed by atoms with Crippen molar-refractivity contribution in [3.63, 3.8) is 0 Å². The van der Waals surface area contributed by atoms with E-state index >= 15 is 4.39 Å². The van der Waals surface area contributed by atoms with Crippen LogP contribution in [0.1, 0.15) is 57.3 Å². The molecule has 1 atom stereocenters. The van der Waals surface area contributed by atoms with Gasteiger partial charge in [-0.2, -0.15) is 0 Å². The Morgan fingerprint density at radius 1 is 0.900 bits per heavy atom. The Kier molecular flexibility index (Phi) is 12.8. The van der Waals surface area contributed by atoms with Gasteiger partial charge in [0, 0.05) is 74.2 Å². The van der Waals surface area contributed by atoms with Crippen LogP contribution >= 0.6 is 0 Å². The monoisotopic (exact) mass is 690 g/mol. The molecule has 4 rings (SSSR count). The standard InChI is InChI=1S/C37H44F2N6O5/c1-37(2,3)36(30-20-26(28-21-27(38)10-11-29(28)39)23-43(30)22-25-8-5-4-6-9-25)44(19-7-16-40)33(48)13-12-31(46)41-17-18-42-32(47)24-45-34(49)14-15-35(45)50/h4-6,8-11,14-15,20-21,23,36H,7,12-13,16-19,22,24,40H2,1-3H3,(H,41,46)(H,42,47). The predicted molar refractivity (Wildman–Crippen MR) is 184 cm³/mol. The molecular weight excluding hydrogens is 646 g/mol. The molecule has 1 aromatic heterocycles. The van der Waals surface area contributed by atoms with Crippen molar-refractivity contribution in [1.29, 1.82) is 0 Å². The lowest BCUT2D eigenvalue weighted by Gasteiger charge is -2.41. The second-order valence-corrected chi connectivity index (χ2v) is 13.2. The SMILES string of the molecule is CC(C)(C)C(c1cc(-c2cc(F)ccc2F)cn1Cc1ccccc1)N(CCCN)C(=O)CCC(=O)NCCNC(=O)CN1C(=O)C=CC1=O. The fraction of sp³-hybridized carbons (Fsp3) is 0.378. The summed E-state index contributed by atoms with van der Waals surface area (Å²) in [5.41, 5.74) is 7.62. The Labute approximate surface area is 290 Å². The van der Waals surface area contributed by atoms with Crippen molar-refractivity contribution in [1.82, 2.24) is 25.0 Å². The molecule has 1 unspecified atom stereocenters. The number of nitrogens with one attached hydrogen (secondary N) is 2. The molecule has 1 aliphatic heterocycles. The lowest BCUT2D eigenvalue weighted by Crippen LogP contribution is -2.44. The molecule has 13 heteroatoms. The fourth-order valence-corrected chi connectivity index (χ4v) is 5.91. The first-order valence-corrected chi connectivity index (χ1v) is 16.5. The summed E-state index contributed by atoms with van der Waals surface area (Å²) >= 11 is 0. The number of imide groups is 1. The van der Waals surface area contributed by atoms with E-state index in [0.29, 0.717) is 31.6 Å². The van der Waals surface area contributed by atoms with E-state index in [1.54, 1.807) is 17.2 Å². The Morgan fingerprint density at radius 2 is 1.56 bits per heavy atom. The van der Waals surface area contributed by atoms with Gasteiger partial charge in [-0.3, -0.25) is 28.9 Å². The molecule has 5 amide bonds. The van der Waals surface area contributed by atoms with E-state index in [0.717, 1.165) is 46.5 Å². The van der Waals surface area contributed by atoms with Crippen LogP contribution in [0.15, 0.2) is 72.9 Å². The molecule has 11 nitrogen and oxygen atoms in total. The molecule has 266 valence electrons. The Bertz CT molecular complexity index is 1720. The van der Waals surface area contributed by atoms with Gasteiger partial charge >= 0.3 is 0 Å². The summed E-state index contributed by atoms with van der Waals surface area (Å²) < 4.78 is 31.2. The molecule has 0 radical (unpaired) electrons. The molecule has 1 aliphatic rings. The minimum absolute atomic E-state index is 0.0591. The fourth-order valence-electron chi connectivity index (χ4n) is 5.91. The van der Waals surface area contributed by atoms with Crippen LogP contribution < -0.4 is 16.4 Å². The molecule has 0 aliphatic carbocycles. The van der Waals surface area contributed by atoms with E-state index in [2.05, 4.69) is 10.6 Å². The summed E-state index contributed by atoms with van der Waals surface area (Å²) in [7, 11) is 0. The molecule has 0 spiro atoms. The summed E-state index contributed by atoms with van der Waals surface area (Å²) in [5, 5.41) is 5.21. The van der Waals surface area contributed by atoms with Gasteiger partial charge in [0.05, 0.1) is 6.04 Å². The van der Waals surface area contributed by atoms with Gasteiger partial charge in [0.1, 0.15) is 18.2 Å². The third-order valence-electron chi connectivity index (χ3n) is 8.24. The largest absolute Gasteiger partial charge is 0.354 e. The molecule has 2 heterocycles. The zero-order valence-electron chi connectivity index (χ0n) is 28.6. The van der Waals surface area contributed by atoms with Crippen molar-refractivity contribution in [2.45, 2.75) is 52.6 Å². The maximum atomic E-state index is 15.0. The van der Waals surface area contributed by atoms with E-state index in [1.807, 2.05) is 55.7 Å². The number of aromatic nitrogens is 1.